The third-order valence-electron chi connectivity index (χ3n) is 3.54. The first kappa shape index (κ1) is 17.4. The molecule has 0 aliphatic carbocycles. The molecular formula is C13H15N7O3S2. The number of hydrogen-bond acceptors (Lipinski definition) is 8. The van der Waals surface area contributed by atoms with E-state index in [1.54, 1.807) is 25.6 Å². The monoisotopic (exact) mass is 381 g/mol. The second kappa shape index (κ2) is 6.44. The van der Waals surface area contributed by atoms with E-state index in [0.717, 1.165) is 9.57 Å². The first-order valence-electron chi connectivity index (χ1n) is 7.14. The van der Waals surface area contributed by atoms with Gasteiger partial charge in [-0.15, -0.1) is 10.2 Å². The van der Waals surface area contributed by atoms with Gasteiger partial charge in [0.15, 0.2) is 16.3 Å². The molecule has 12 heteroatoms. The molecule has 10 nitrogen and oxygen atoms in total. The summed E-state index contributed by atoms with van der Waals surface area (Å²) < 4.78 is 3.93. The summed E-state index contributed by atoms with van der Waals surface area (Å²) in [5, 5.41) is 12.0. The minimum atomic E-state index is -0.448. The molecule has 3 aromatic rings. The van der Waals surface area contributed by atoms with Crippen molar-refractivity contribution in [3.05, 3.63) is 25.8 Å². The minimum Gasteiger partial charge on any atom is -0.316 e. The summed E-state index contributed by atoms with van der Waals surface area (Å²) in [5.41, 5.74) is -0.268. The predicted molar refractivity (Wildman–Crippen MR) is 95.2 cm³/mol. The van der Waals surface area contributed by atoms with Gasteiger partial charge in [0, 0.05) is 21.1 Å². The molecule has 0 aromatic carbocycles. The summed E-state index contributed by atoms with van der Waals surface area (Å²) in [6, 6.07) is 0. The lowest BCUT2D eigenvalue weighted by molar-refractivity contribution is -0.113. The van der Waals surface area contributed by atoms with Gasteiger partial charge in [-0.1, -0.05) is 23.1 Å². The Bertz CT molecular complexity index is 1090. The van der Waals surface area contributed by atoms with Gasteiger partial charge < -0.3 is 4.57 Å². The van der Waals surface area contributed by atoms with Gasteiger partial charge in [0.25, 0.3) is 5.56 Å². The van der Waals surface area contributed by atoms with Crippen LogP contribution < -0.4 is 16.6 Å². The number of nitrogens with zero attached hydrogens (tertiary/aromatic N) is 6. The molecule has 0 aliphatic rings. The number of fused-ring (bicyclic) bond motifs is 1. The maximum atomic E-state index is 12.3. The van der Waals surface area contributed by atoms with E-state index in [2.05, 4.69) is 20.5 Å². The van der Waals surface area contributed by atoms with Gasteiger partial charge >= 0.3 is 5.69 Å². The summed E-state index contributed by atoms with van der Waals surface area (Å²) in [4.78, 5) is 40.6. The maximum absolute atomic E-state index is 12.3. The van der Waals surface area contributed by atoms with Crippen LogP contribution in [-0.2, 0) is 25.9 Å². The third-order valence-corrected chi connectivity index (χ3v) is 5.32. The van der Waals surface area contributed by atoms with Gasteiger partial charge in [-0.3, -0.25) is 24.0 Å². The first-order valence-corrected chi connectivity index (χ1v) is 8.95. The van der Waals surface area contributed by atoms with Crippen LogP contribution in [-0.4, -0.2) is 40.5 Å². The Hall–Kier alpha value is -2.47. The lowest BCUT2D eigenvalue weighted by Gasteiger charge is -2.03. The van der Waals surface area contributed by atoms with E-state index in [9.17, 15) is 14.4 Å². The number of carbonyl (C=O) groups excluding carboxylic acids is 1. The Morgan fingerprint density at radius 3 is 2.52 bits per heavy atom. The maximum Gasteiger partial charge on any atom is 0.332 e. The van der Waals surface area contributed by atoms with Crippen LogP contribution in [0.2, 0.25) is 0 Å². The molecule has 0 unspecified atom stereocenters. The zero-order chi connectivity index (χ0) is 18.3. The number of amides is 1. The molecule has 1 amide bonds. The minimum absolute atomic E-state index is 0.0874. The molecule has 0 saturated carbocycles. The molecule has 132 valence electrons. The van der Waals surface area contributed by atoms with Crippen LogP contribution in [0, 0.1) is 6.92 Å². The molecule has 0 spiro atoms. The zero-order valence-corrected chi connectivity index (χ0v) is 15.6. The molecule has 3 rings (SSSR count). The van der Waals surface area contributed by atoms with Crippen molar-refractivity contribution in [3.8, 4) is 0 Å². The molecular weight excluding hydrogens is 366 g/mol. The van der Waals surface area contributed by atoms with Gasteiger partial charge in [0.1, 0.15) is 5.01 Å². The van der Waals surface area contributed by atoms with E-state index >= 15 is 0 Å². The summed E-state index contributed by atoms with van der Waals surface area (Å²) in [6.45, 7) is 1.80. The number of thioether (sulfide) groups is 1. The Morgan fingerprint density at radius 2 is 1.88 bits per heavy atom. The molecule has 0 atom stereocenters. The molecule has 0 saturated heterocycles. The van der Waals surface area contributed by atoms with Crippen LogP contribution in [0.3, 0.4) is 0 Å². The zero-order valence-electron chi connectivity index (χ0n) is 13.9. The van der Waals surface area contributed by atoms with Crippen molar-refractivity contribution in [1.29, 1.82) is 0 Å². The summed E-state index contributed by atoms with van der Waals surface area (Å²) >= 11 is 2.45. The smallest absolute Gasteiger partial charge is 0.316 e. The van der Waals surface area contributed by atoms with Crippen molar-refractivity contribution in [1.82, 2.24) is 28.9 Å². The topological polar surface area (TPSA) is 117 Å². The lowest BCUT2D eigenvalue weighted by atomic mass is 10.5. The Labute approximate surface area is 149 Å². The van der Waals surface area contributed by atoms with Crippen LogP contribution in [0.15, 0.2) is 14.7 Å². The second-order valence-electron chi connectivity index (χ2n) is 5.29. The fourth-order valence-corrected chi connectivity index (χ4v) is 3.64. The highest BCUT2D eigenvalue weighted by Gasteiger charge is 2.18. The van der Waals surface area contributed by atoms with Crippen LogP contribution >= 0.6 is 23.1 Å². The van der Waals surface area contributed by atoms with E-state index in [1.807, 2.05) is 0 Å². The highest BCUT2D eigenvalue weighted by Crippen LogP contribution is 2.21. The molecule has 25 heavy (non-hydrogen) atoms. The van der Waals surface area contributed by atoms with Gasteiger partial charge in [0.05, 0.1) is 5.75 Å². The number of nitrogens with one attached hydrogen (secondary N) is 1. The fraction of sp³-hybridized carbons (Fsp3) is 0.385. The summed E-state index contributed by atoms with van der Waals surface area (Å²) in [7, 11) is 4.65. The van der Waals surface area contributed by atoms with Crippen molar-refractivity contribution in [3.63, 3.8) is 0 Å². The normalized spacial score (nSPS) is 11.2. The van der Waals surface area contributed by atoms with Crippen LogP contribution in [0.25, 0.3) is 11.2 Å². The van der Waals surface area contributed by atoms with Gasteiger partial charge in [0.2, 0.25) is 11.0 Å². The number of carbonyl (C=O) groups is 1. The van der Waals surface area contributed by atoms with Crippen molar-refractivity contribution >= 4 is 45.3 Å². The number of imidazole rings is 1. The highest BCUT2D eigenvalue weighted by atomic mass is 32.2. The Morgan fingerprint density at radius 1 is 1.16 bits per heavy atom. The molecule has 3 aromatic heterocycles. The van der Waals surface area contributed by atoms with E-state index in [4.69, 9.17) is 0 Å². The first-order chi connectivity index (χ1) is 11.8. The van der Waals surface area contributed by atoms with Crippen molar-refractivity contribution in [2.24, 2.45) is 21.1 Å². The van der Waals surface area contributed by atoms with E-state index in [0.29, 0.717) is 21.5 Å². The number of hydrogen-bond donors (Lipinski definition) is 1. The van der Waals surface area contributed by atoms with Gasteiger partial charge in [-0.25, -0.2) is 9.78 Å². The average Bonchev–Trinajstić information content (AvgIpc) is 3.12. The third kappa shape index (κ3) is 3.09. The van der Waals surface area contributed by atoms with E-state index in [-0.39, 0.29) is 11.7 Å². The predicted octanol–water partition coefficient (Wildman–Crippen LogP) is -0.139. The Balaban J connectivity index is 1.85. The molecule has 0 radical (unpaired) electrons. The summed E-state index contributed by atoms with van der Waals surface area (Å²) in [6.07, 6.45) is 0. The fourth-order valence-electron chi connectivity index (χ4n) is 2.26. The van der Waals surface area contributed by atoms with Crippen molar-refractivity contribution in [2.45, 2.75) is 12.1 Å². The second-order valence-corrected chi connectivity index (χ2v) is 7.42. The molecule has 3 heterocycles. The van der Waals surface area contributed by atoms with E-state index in [1.165, 1.54) is 34.7 Å². The van der Waals surface area contributed by atoms with Crippen LogP contribution in [0.5, 0.6) is 0 Å². The number of aryl methyl sites for hydroxylation is 3. The van der Waals surface area contributed by atoms with E-state index < -0.39 is 11.2 Å². The molecule has 0 bridgehead atoms. The Kier molecular flexibility index (Phi) is 4.47. The largest absolute Gasteiger partial charge is 0.332 e. The SMILES string of the molecule is Cc1nnc(NC(=O)CSc2nc3c(c(=O)n(C)c(=O)n3C)n2C)s1. The number of rotatable bonds is 4. The van der Waals surface area contributed by atoms with Gasteiger partial charge in [-0.2, -0.15) is 0 Å². The van der Waals surface area contributed by atoms with Gasteiger partial charge in [-0.05, 0) is 6.92 Å². The van der Waals surface area contributed by atoms with Crippen LogP contribution in [0.4, 0.5) is 5.13 Å². The standard InChI is InChI=1S/C13H15N7O3S2/c1-6-16-17-11(25-6)14-7(21)5-24-12-15-9-8(18(12)2)10(22)20(4)13(23)19(9)3/h5H2,1-4H3,(H,14,17,21). The molecule has 0 aliphatic heterocycles. The number of aromatic nitrogens is 6. The molecule has 0 fully saturated rings. The highest BCUT2D eigenvalue weighted by molar-refractivity contribution is 7.99. The molecule has 1 N–H and O–H groups in total. The van der Waals surface area contributed by atoms with Crippen molar-refractivity contribution < 1.29 is 4.79 Å². The summed E-state index contributed by atoms with van der Waals surface area (Å²) in [5.74, 6) is -0.167. The van der Waals surface area contributed by atoms with Crippen LogP contribution in [0.1, 0.15) is 5.01 Å². The average molecular weight is 381 g/mol. The van der Waals surface area contributed by atoms with Crippen molar-refractivity contribution in [2.75, 3.05) is 11.1 Å². The lowest BCUT2D eigenvalue weighted by Crippen LogP contribution is -2.37. The quantitative estimate of drug-likeness (QED) is 0.625. The number of anilines is 1.